The Morgan fingerprint density at radius 2 is 1.64 bits per heavy atom. The van der Waals surface area contributed by atoms with E-state index in [1.54, 1.807) is 20.8 Å². The summed E-state index contributed by atoms with van der Waals surface area (Å²) in [6, 6.07) is -2.50. The molecule has 0 aromatic rings. The van der Waals surface area contributed by atoms with Crippen LogP contribution in [0.2, 0.25) is 0 Å². The summed E-state index contributed by atoms with van der Waals surface area (Å²) in [5, 5.41) is 31.5. The zero-order chi connectivity index (χ0) is 19.6. The highest BCUT2D eigenvalue weighted by molar-refractivity contribution is 5.92. The molecule has 0 aliphatic rings. The first-order valence-corrected chi connectivity index (χ1v) is 8.05. The minimum Gasteiger partial charge on any atom is -0.480 e. The van der Waals surface area contributed by atoms with Crippen LogP contribution in [0.3, 0.4) is 0 Å². The molecule has 0 saturated carbocycles. The number of amides is 3. The molecule has 0 radical (unpaired) electrons. The van der Waals surface area contributed by atoms with E-state index in [0.717, 1.165) is 0 Å². The van der Waals surface area contributed by atoms with E-state index in [-0.39, 0.29) is 6.42 Å². The molecule has 144 valence electrons. The molecule has 0 heterocycles. The van der Waals surface area contributed by atoms with E-state index in [2.05, 4.69) is 10.6 Å². The van der Waals surface area contributed by atoms with Crippen molar-refractivity contribution in [2.45, 2.75) is 52.1 Å². The maximum Gasteiger partial charge on any atom is 0.326 e. The Morgan fingerprint density at radius 1 is 1.04 bits per heavy atom. The molecule has 0 saturated heterocycles. The summed E-state index contributed by atoms with van der Waals surface area (Å²) in [6.45, 7) is 4.28. The van der Waals surface area contributed by atoms with E-state index < -0.39 is 54.2 Å². The number of carbonyl (C=O) groups is 4. The van der Waals surface area contributed by atoms with Gasteiger partial charge in [-0.25, -0.2) is 10.3 Å². The lowest BCUT2D eigenvalue weighted by Gasteiger charge is -2.23. The number of aliphatic hydroxyl groups is 1. The topological polar surface area (TPSA) is 165 Å². The monoisotopic (exact) mass is 361 g/mol. The largest absolute Gasteiger partial charge is 0.480 e. The third-order valence-electron chi connectivity index (χ3n) is 3.61. The normalized spacial score (nSPS) is 14.3. The Labute approximate surface area is 145 Å². The minimum atomic E-state index is -1.34. The molecule has 3 atom stereocenters. The van der Waals surface area contributed by atoms with Gasteiger partial charge in [-0.2, -0.15) is 0 Å². The number of carbonyl (C=O) groups excluding carboxylic acids is 3. The Kier molecular flexibility index (Phi) is 10.4. The average Bonchev–Trinajstić information content (AvgIpc) is 2.55. The van der Waals surface area contributed by atoms with Crippen molar-refractivity contribution in [3.8, 4) is 0 Å². The first-order chi connectivity index (χ1) is 11.7. The molecule has 3 amide bonds. The number of hydrogen-bond acceptors (Lipinski definition) is 6. The third kappa shape index (κ3) is 7.94. The van der Waals surface area contributed by atoms with Crippen LogP contribution in [0.4, 0.5) is 0 Å². The van der Waals surface area contributed by atoms with Crippen LogP contribution in [0.25, 0.3) is 0 Å². The first-order valence-electron chi connectivity index (χ1n) is 8.05. The van der Waals surface area contributed by atoms with Crippen LogP contribution in [-0.4, -0.2) is 57.8 Å². The van der Waals surface area contributed by atoms with Crippen molar-refractivity contribution < 1.29 is 34.6 Å². The van der Waals surface area contributed by atoms with E-state index in [0.29, 0.717) is 12.8 Å². The highest BCUT2D eigenvalue weighted by Crippen LogP contribution is 2.12. The molecule has 0 aromatic heterocycles. The molecular formula is C15H27N3O7. The molecule has 10 heteroatoms. The van der Waals surface area contributed by atoms with Crippen LogP contribution in [-0.2, 0) is 19.2 Å². The second-order valence-corrected chi connectivity index (χ2v) is 6.04. The lowest BCUT2D eigenvalue weighted by Crippen LogP contribution is -2.55. The van der Waals surface area contributed by atoms with Crippen molar-refractivity contribution >= 4 is 23.7 Å². The van der Waals surface area contributed by atoms with Gasteiger partial charge in [0.2, 0.25) is 17.7 Å². The standard InChI is InChI=1S/C15H27N3O7/c1-4-5-9(6-11(20)18-25)13(21)16-10(7-19)14(22)17-12(8(2)3)15(23)24/h8-10,12,19,25H,4-7H2,1-3H3,(H,16,21)(H,17,22)(H,18,20)(H,23,24). The Morgan fingerprint density at radius 3 is 2.04 bits per heavy atom. The fraction of sp³-hybridized carbons (Fsp3) is 0.733. The fourth-order valence-electron chi connectivity index (χ4n) is 2.19. The van der Waals surface area contributed by atoms with Crippen LogP contribution in [0, 0.1) is 11.8 Å². The zero-order valence-electron chi connectivity index (χ0n) is 14.6. The molecule has 6 N–H and O–H groups in total. The predicted molar refractivity (Wildman–Crippen MR) is 86.4 cm³/mol. The minimum absolute atomic E-state index is 0.278. The molecule has 0 aliphatic carbocycles. The SMILES string of the molecule is CCCC(CC(=O)NO)C(=O)NC(CO)C(=O)NC(C(=O)O)C(C)C. The van der Waals surface area contributed by atoms with Crippen molar-refractivity contribution in [1.82, 2.24) is 16.1 Å². The summed E-state index contributed by atoms with van der Waals surface area (Å²) in [4.78, 5) is 46.7. The smallest absolute Gasteiger partial charge is 0.326 e. The van der Waals surface area contributed by atoms with E-state index in [1.165, 1.54) is 5.48 Å². The van der Waals surface area contributed by atoms with Gasteiger partial charge in [0, 0.05) is 12.3 Å². The highest BCUT2D eigenvalue weighted by atomic mass is 16.5. The van der Waals surface area contributed by atoms with Gasteiger partial charge < -0.3 is 20.8 Å². The third-order valence-corrected chi connectivity index (χ3v) is 3.61. The number of nitrogens with one attached hydrogen (secondary N) is 3. The van der Waals surface area contributed by atoms with Gasteiger partial charge in [0.05, 0.1) is 6.61 Å². The molecule has 0 spiro atoms. The van der Waals surface area contributed by atoms with Crippen molar-refractivity contribution in [3.05, 3.63) is 0 Å². The van der Waals surface area contributed by atoms with Crippen LogP contribution < -0.4 is 16.1 Å². The molecule has 0 aliphatic heterocycles. The van der Waals surface area contributed by atoms with Crippen LogP contribution >= 0.6 is 0 Å². The molecule has 0 fully saturated rings. The van der Waals surface area contributed by atoms with Crippen LogP contribution in [0.1, 0.15) is 40.0 Å². The first kappa shape index (κ1) is 22.8. The average molecular weight is 361 g/mol. The summed E-state index contributed by atoms with van der Waals surface area (Å²) in [5.41, 5.74) is 1.44. The molecule has 3 unspecified atom stereocenters. The fourth-order valence-corrected chi connectivity index (χ4v) is 2.19. The van der Waals surface area contributed by atoms with Gasteiger partial charge in [0.25, 0.3) is 0 Å². The van der Waals surface area contributed by atoms with Crippen LogP contribution in [0.15, 0.2) is 0 Å². The maximum absolute atomic E-state index is 12.2. The van der Waals surface area contributed by atoms with Gasteiger partial charge in [0.1, 0.15) is 12.1 Å². The van der Waals surface area contributed by atoms with E-state index in [4.69, 9.17) is 10.3 Å². The second kappa shape index (κ2) is 11.4. The van der Waals surface area contributed by atoms with E-state index in [1.807, 2.05) is 0 Å². The number of aliphatic hydroxyl groups excluding tert-OH is 1. The van der Waals surface area contributed by atoms with Gasteiger partial charge in [-0.05, 0) is 12.3 Å². The van der Waals surface area contributed by atoms with Crippen molar-refractivity contribution in [1.29, 1.82) is 0 Å². The van der Waals surface area contributed by atoms with Crippen molar-refractivity contribution in [3.63, 3.8) is 0 Å². The number of hydroxylamine groups is 1. The quantitative estimate of drug-likeness (QED) is 0.203. The lowest BCUT2D eigenvalue weighted by molar-refractivity contribution is -0.144. The molecule has 0 aromatic carbocycles. The zero-order valence-corrected chi connectivity index (χ0v) is 14.6. The number of carboxylic acids is 1. The number of carboxylic acid groups (broad SMARTS) is 1. The second-order valence-electron chi connectivity index (χ2n) is 6.04. The Hall–Kier alpha value is -2.20. The molecule has 0 rings (SSSR count). The van der Waals surface area contributed by atoms with Crippen molar-refractivity contribution in [2.24, 2.45) is 11.8 Å². The Balaban J connectivity index is 4.97. The predicted octanol–water partition coefficient (Wildman–Crippen LogP) is -0.999. The molecular weight excluding hydrogens is 334 g/mol. The summed E-state index contributed by atoms with van der Waals surface area (Å²) in [6.07, 6.45) is 0.643. The number of hydrogen-bond donors (Lipinski definition) is 6. The van der Waals surface area contributed by atoms with Gasteiger partial charge >= 0.3 is 5.97 Å². The molecule has 0 bridgehead atoms. The summed E-state index contributed by atoms with van der Waals surface area (Å²) in [7, 11) is 0. The number of rotatable bonds is 11. The van der Waals surface area contributed by atoms with E-state index in [9.17, 15) is 24.3 Å². The maximum atomic E-state index is 12.2. The van der Waals surface area contributed by atoms with Gasteiger partial charge in [0.15, 0.2) is 0 Å². The summed E-state index contributed by atoms with van der Waals surface area (Å²) >= 11 is 0. The number of aliphatic carboxylic acids is 1. The Bertz CT molecular complexity index is 482. The van der Waals surface area contributed by atoms with Gasteiger partial charge in [-0.1, -0.05) is 27.2 Å². The van der Waals surface area contributed by atoms with Gasteiger partial charge in [-0.15, -0.1) is 0 Å². The van der Waals surface area contributed by atoms with Gasteiger partial charge in [-0.3, -0.25) is 19.6 Å². The lowest BCUT2D eigenvalue weighted by atomic mass is 9.98. The summed E-state index contributed by atoms with van der Waals surface area (Å²) < 4.78 is 0. The van der Waals surface area contributed by atoms with Crippen molar-refractivity contribution in [2.75, 3.05) is 6.61 Å². The van der Waals surface area contributed by atoms with Crippen LogP contribution in [0.5, 0.6) is 0 Å². The molecule has 25 heavy (non-hydrogen) atoms. The highest BCUT2D eigenvalue weighted by Gasteiger charge is 2.30. The van der Waals surface area contributed by atoms with E-state index >= 15 is 0 Å². The summed E-state index contributed by atoms with van der Waals surface area (Å²) in [5.74, 6) is -4.63. The molecule has 10 nitrogen and oxygen atoms in total.